The van der Waals surface area contributed by atoms with Crippen LogP contribution in [0.3, 0.4) is 0 Å². The molecule has 0 saturated heterocycles. The third-order valence-corrected chi connectivity index (χ3v) is 2.62. The Balaban J connectivity index is 2.87. The fraction of sp³-hybridized carbons (Fsp3) is 0.333. The molecule has 1 amide bonds. The van der Waals surface area contributed by atoms with E-state index in [0.717, 1.165) is 12.8 Å². The molecular formula is C15H18N2O2. The summed E-state index contributed by atoms with van der Waals surface area (Å²) in [5.74, 6) is 0.290. The average Bonchev–Trinajstić information content (AvgIpc) is 2.45. The number of hydrogen-bond acceptors (Lipinski definition) is 3. The first-order chi connectivity index (χ1) is 9.22. The molecule has 0 bridgehead atoms. The quantitative estimate of drug-likeness (QED) is 0.484. The van der Waals surface area contributed by atoms with Crippen LogP contribution in [0.4, 0.5) is 0 Å². The fourth-order valence-corrected chi connectivity index (χ4v) is 1.56. The van der Waals surface area contributed by atoms with E-state index >= 15 is 0 Å². The van der Waals surface area contributed by atoms with E-state index in [1.54, 1.807) is 25.3 Å². The van der Waals surface area contributed by atoms with Crippen molar-refractivity contribution in [3.8, 4) is 11.8 Å². The van der Waals surface area contributed by atoms with Crippen molar-refractivity contribution in [1.82, 2.24) is 5.32 Å². The van der Waals surface area contributed by atoms with Crippen LogP contribution >= 0.6 is 0 Å². The van der Waals surface area contributed by atoms with Crippen molar-refractivity contribution in [2.75, 3.05) is 13.7 Å². The normalized spacial score (nSPS) is 10.7. The van der Waals surface area contributed by atoms with Crippen LogP contribution in [-0.4, -0.2) is 19.6 Å². The molecule has 1 N–H and O–H groups in total. The smallest absolute Gasteiger partial charge is 0.261 e. The van der Waals surface area contributed by atoms with E-state index in [1.165, 1.54) is 0 Å². The lowest BCUT2D eigenvalue weighted by atomic mass is 10.1. The lowest BCUT2D eigenvalue weighted by molar-refractivity contribution is -0.117. The van der Waals surface area contributed by atoms with E-state index in [2.05, 4.69) is 5.32 Å². The first-order valence-corrected chi connectivity index (χ1v) is 6.26. The standard InChI is InChI=1S/C15H18N2O2/c1-3-4-9-17-15(18)13(11-16)10-12-7-5-6-8-14(12)19-2/h5-8,10H,3-4,9H2,1-2H3,(H,17,18)/b13-10+. The molecule has 1 aromatic rings. The molecule has 0 atom stereocenters. The third-order valence-electron chi connectivity index (χ3n) is 2.62. The van der Waals surface area contributed by atoms with Gasteiger partial charge in [0.2, 0.25) is 0 Å². The lowest BCUT2D eigenvalue weighted by Crippen LogP contribution is -2.25. The number of benzene rings is 1. The summed E-state index contributed by atoms with van der Waals surface area (Å²) in [6.45, 7) is 2.63. The molecule has 0 spiro atoms. The molecule has 0 saturated carbocycles. The van der Waals surface area contributed by atoms with Gasteiger partial charge in [-0.1, -0.05) is 31.5 Å². The van der Waals surface area contributed by atoms with Crippen molar-refractivity contribution in [3.63, 3.8) is 0 Å². The minimum Gasteiger partial charge on any atom is -0.496 e. The predicted molar refractivity (Wildman–Crippen MR) is 74.5 cm³/mol. The summed E-state index contributed by atoms with van der Waals surface area (Å²) in [7, 11) is 1.56. The largest absolute Gasteiger partial charge is 0.496 e. The molecule has 0 aliphatic heterocycles. The van der Waals surface area contributed by atoms with Gasteiger partial charge in [-0.3, -0.25) is 4.79 Å². The van der Waals surface area contributed by atoms with Crippen molar-refractivity contribution in [1.29, 1.82) is 5.26 Å². The topological polar surface area (TPSA) is 62.1 Å². The first-order valence-electron chi connectivity index (χ1n) is 6.26. The average molecular weight is 258 g/mol. The number of methoxy groups -OCH3 is 1. The van der Waals surface area contributed by atoms with E-state index < -0.39 is 0 Å². The van der Waals surface area contributed by atoms with Gasteiger partial charge in [0.05, 0.1) is 7.11 Å². The van der Waals surface area contributed by atoms with Gasteiger partial charge in [0.15, 0.2) is 0 Å². The monoisotopic (exact) mass is 258 g/mol. The zero-order chi connectivity index (χ0) is 14.1. The third kappa shape index (κ3) is 4.47. The molecule has 0 fully saturated rings. The summed E-state index contributed by atoms with van der Waals surface area (Å²) in [6.07, 6.45) is 3.44. The van der Waals surface area contributed by atoms with Gasteiger partial charge in [-0.15, -0.1) is 0 Å². The van der Waals surface area contributed by atoms with Crippen LogP contribution in [0.5, 0.6) is 5.75 Å². The summed E-state index contributed by atoms with van der Waals surface area (Å²) in [5, 5.41) is 11.8. The van der Waals surface area contributed by atoms with E-state index in [-0.39, 0.29) is 11.5 Å². The highest BCUT2D eigenvalue weighted by Crippen LogP contribution is 2.20. The van der Waals surface area contributed by atoms with Gasteiger partial charge in [0.25, 0.3) is 5.91 Å². The second-order valence-corrected chi connectivity index (χ2v) is 4.02. The Labute approximate surface area is 113 Å². The number of amides is 1. The molecular weight excluding hydrogens is 240 g/mol. The van der Waals surface area contributed by atoms with Gasteiger partial charge >= 0.3 is 0 Å². The van der Waals surface area contributed by atoms with Crippen LogP contribution in [0.25, 0.3) is 6.08 Å². The summed E-state index contributed by atoms with van der Waals surface area (Å²) in [4.78, 5) is 11.8. The Kier molecular flexibility index (Phi) is 6.17. The number of carbonyl (C=O) groups is 1. The Morgan fingerprint density at radius 1 is 1.47 bits per heavy atom. The number of carbonyl (C=O) groups excluding carboxylic acids is 1. The van der Waals surface area contributed by atoms with Gasteiger partial charge in [0.1, 0.15) is 17.4 Å². The Morgan fingerprint density at radius 2 is 2.21 bits per heavy atom. The van der Waals surface area contributed by atoms with Crippen LogP contribution in [-0.2, 0) is 4.79 Å². The SMILES string of the molecule is CCCCNC(=O)/C(C#N)=C/c1ccccc1OC. The lowest BCUT2D eigenvalue weighted by Gasteiger charge is -2.05. The van der Waals surface area contributed by atoms with Gasteiger partial charge in [-0.05, 0) is 18.6 Å². The molecule has 0 radical (unpaired) electrons. The second-order valence-electron chi connectivity index (χ2n) is 4.02. The molecule has 0 unspecified atom stereocenters. The van der Waals surface area contributed by atoms with Gasteiger partial charge < -0.3 is 10.1 Å². The molecule has 1 rings (SSSR count). The van der Waals surface area contributed by atoms with Crippen LogP contribution in [0.2, 0.25) is 0 Å². The summed E-state index contributed by atoms with van der Waals surface area (Å²) in [5.41, 5.74) is 0.799. The molecule has 4 nitrogen and oxygen atoms in total. The van der Waals surface area contributed by atoms with E-state index in [1.807, 2.05) is 25.1 Å². The second kappa shape index (κ2) is 7.93. The fourth-order valence-electron chi connectivity index (χ4n) is 1.56. The van der Waals surface area contributed by atoms with Gasteiger partial charge in [-0.25, -0.2) is 0 Å². The number of nitrogens with one attached hydrogen (secondary N) is 1. The van der Waals surface area contributed by atoms with Crippen LogP contribution < -0.4 is 10.1 Å². The minimum atomic E-state index is -0.346. The number of nitrogens with zero attached hydrogens (tertiary/aromatic N) is 1. The highest BCUT2D eigenvalue weighted by Gasteiger charge is 2.09. The number of unbranched alkanes of at least 4 members (excludes halogenated alkanes) is 1. The maximum atomic E-state index is 11.8. The number of para-hydroxylation sites is 1. The molecule has 19 heavy (non-hydrogen) atoms. The molecule has 0 aliphatic rings. The van der Waals surface area contributed by atoms with Crippen LogP contribution in [0, 0.1) is 11.3 Å². The molecule has 100 valence electrons. The molecule has 1 aromatic carbocycles. The van der Waals surface area contributed by atoms with E-state index in [9.17, 15) is 4.79 Å². The highest BCUT2D eigenvalue weighted by molar-refractivity contribution is 6.01. The minimum absolute atomic E-state index is 0.0839. The zero-order valence-corrected chi connectivity index (χ0v) is 11.3. The predicted octanol–water partition coefficient (Wildman–Crippen LogP) is 2.52. The van der Waals surface area contributed by atoms with Crippen LogP contribution in [0.1, 0.15) is 25.3 Å². The highest BCUT2D eigenvalue weighted by atomic mass is 16.5. The van der Waals surface area contributed by atoms with Crippen molar-refractivity contribution in [2.24, 2.45) is 0 Å². The van der Waals surface area contributed by atoms with E-state index in [4.69, 9.17) is 10.00 Å². The number of nitriles is 1. The van der Waals surface area contributed by atoms with Gasteiger partial charge in [0, 0.05) is 12.1 Å². The maximum absolute atomic E-state index is 11.8. The van der Waals surface area contributed by atoms with Crippen LogP contribution in [0.15, 0.2) is 29.8 Å². The molecule has 0 aromatic heterocycles. The summed E-state index contributed by atoms with van der Waals surface area (Å²) < 4.78 is 5.18. The van der Waals surface area contributed by atoms with E-state index in [0.29, 0.717) is 17.9 Å². The molecule has 4 heteroatoms. The van der Waals surface area contributed by atoms with Crippen molar-refractivity contribution in [2.45, 2.75) is 19.8 Å². The number of rotatable bonds is 6. The Morgan fingerprint density at radius 3 is 2.84 bits per heavy atom. The van der Waals surface area contributed by atoms with Crippen molar-refractivity contribution >= 4 is 12.0 Å². The first kappa shape index (κ1) is 14.8. The molecule has 0 aliphatic carbocycles. The molecule has 0 heterocycles. The Hall–Kier alpha value is -2.28. The maximum Gasteiger partial charge on any atom is 0.261 e. The summed E-state index contributed by atoms with van der Waals surface area (Å²) >= 11 is 0. The van der Waals surface area contributed by atoms with Crippen molar-refractivity contribution in [3.05, 3.63) is 35.4 Å². The van der Waals surface area contributed by atoms with Gasteiger partial charge in [-0.2, -0.15) is 5.26 Å². The zero-order valence-electron chi connectivity index (χ0n) is 11.3. The summed E-state index contributed by atoms with van der Waals surface area (Å²) in [6, 6.07) is 9.18. The number of hydrogen-bond donors (Lipinski definition) is 1. The van der Waals surface area contributed by atoms with Crippen molar-refractivity contribution < 1.29 is 9.53 Å². The number of ether oxygens (including phenoxy) is 1. The Bertz CT molecular complexity index is 501.